The molecule has 0 bridgehead atoms. The molecule has 1 N–H and O–H groups in total. The van der Waals surface area contributed by atoms with E-state index in [0.29, 0.717) is 24.1 Å². The van der Waals surface area contributed by atoms with Crippen LogP contribution in [0.1, 0.15) is 61.3 Å². The average molecular weight is 510 g/mol. The van der Waals surface area contributed by atoms with Crippen LogP contribution < -0.4 is 4.74 Å². The van der Waals surface area contributed by atoms with Crippen LogP contribution in [0.25, 0.3) is 34.2 Å². The zero-order valence-electron chi connectivity index (χ0n) is 23.3. The summed E-state index contributed by atoms with van der Waals surface area (Å²) in [5.74, 6) is 2.66. The molecule has 0 spiro atoms. The van der Waals surface area contributed by atoms with Crippen molar-refractivity contribution in [2.75, 3.05) is 6.61 Å². The maximum atomic E-state index is 10.2. The van der Waals surface area contributed by atoms with Crippen molar-refractivity contribution >= 4 is 0 Å². The lowest BCUT2D eigenvalue weighted by Gasteiger charge is -2.13. The Morgan fingerprint density at radius 2 is 1.24 bits per heavy atom. The monoisotopic (exact) mass is 509 g/mol. The zero-order valence-corrected chi connectivity index (χ0v) is 23.3. The molecular weight excluding hydrogens is 470 g/mol. The van der Waals surface area contributed by atoms with Gasteiger partial charge in [-0.2, -0.15) is 0 Å². The van der Waals surface area contributed by atoms with Gasteiger partial charge in [-0.05, 0) is 69.5 Å². The molecule has 1 aromatic heterocycles. The number of aryl methyl sites for hydroxylation is 4. The minimum atomic E-state index is -0.448. The van der Waals surface area contributed by atoms with Crippen LogP contribution in [0.5, 0.6) is 5.75 Å². The fourth-order valence-electron chi connectivity index (χ4n) is 4.66. The van der Waals surface area contributed by atoms with Gasteiger partial charge in [0.2, 0.25) is 0 Å². The number of ether oxygens (including phenoxy) is 1. The van der Waals surface area contributed by atoms with Gasteiger partial charge in [0.25, 0.3) is 0 Å². The Morgan fingerprint density at radius 3 is 1.76 bits per heavy atom. The maximum absolute atomic E-state index is 10.2. The minimum Gasteiger partial charge on any atom is -0.491 e. The SMILES string of the molecule is CCCCCCC(O)COc1ccc(-c2nc(-c3ccc(C)cc3C)nc(-c3ccc(C)cc3C)n2)cc1. The van der Waals surface area contributed by atoms with E-state index in [9.17, 15) is 5.11 Å². The normalized spacial score (nSPS) is 11.9. The van der Waals surface area contributed by atoms with E-state index in [-0.39, 0.29) is 0 Å². The first-order valence-electron chi connectivity index (χ1n) is 13.7. The lowest BCUT2D eigenvalue weighted by atomic mass is 10.0. The van der Waals surface area contributed by atoms with Crippen LogP contribution in [0.3, 0.4) is 0 Å². The number of rotatable bonds is 11. The number of nitrogens with zero attached hydrogens (tertiary/aromatic N) is 3. The second-order valence-corrected chi connectivity index (χ2v) is 10.3. The maximum Gasteiger partial charge on any atom is 0.164 e. The van der Waals surface area contributed by atoms with Gasteiger partial charge < -0.3 is 9.84 Å². The Morgan fingerprint density at radius 1 is 0.684 bits per heavy atom. The molecule has 3 aromatic carbocycles. The molecule has 4 rings (SSSR count). The number of hydrogen-bond acceptors (Lipinski definition) is 5. The van der Waals surface area contributed by atoms with E-state index in [4.69, 9.17) is 19.7 Å². The summed E-state index contributed by atoms with van der Waals surface area (Å²) in [5.41, 5.74) is 7.55. The molecule has 0 radical (unpaired) electrons. The molecule has 0 aliphatic carbocycles. The Kier molecular flexibility index (Phi) is 9.24. The minimum absolute atomic E-state index is 0.297. The Balaban J connectivity index is 1.61. The molecule has 5 heteroatoms. The van der Waals surface area contributed by atoms with E-state index in [0.717, 1.165) is 52.8 Å². The van der Waals surface area contributed by atoms with Crippen molar-refractivity contribution in [2.45, 2.75) is 72.8 Å². The zero-order chi connectivity index (χ0) is 27.1. The third-order valence-corrected chi connectivity index (χ3v) is 6.83. The van der Waals surface area contributed by atoms with E-state index < -0.39 is 6.10 Å². The van der Waals surface area contributed by atoms with Crippen LogP contribution in [0.15, 0.2) is 60.7 Å². The molecular formula is C33H39N3O2. The molecule has 0 amide bonds. The van der Waals surface area contributed by atoms with Crippen LogP contribution in [0.2, 0.25) is 0 Å². The highest BCUT2D eigenvalue weighted by Gasteiger charge is 2.15. The quantitative estimate of drug-likeness (QED) is 0.209. The predicted molar refractivity (Wildman–Crippen MR) is 155 cm³/mol. The Hall–Kier alpha value is -3.57. The Labute approximate surface area is 227 Å². The van der Waals surface area contributed by atoms with E-state index >= 15 is 0 Å². The van der Waals surface area contributed by atoms with Crippen LogP contribution in [-0.4, -0.2) is 32.8 Å². The topological polar surface area (TPSA) is 68.1 Å². The Bertz CT molecular complexity index is 1300. The first-order chi connectivity index (χ1) is 18.3. The lowest BCUT2D eigenvalue weighted by molar-refractivity contribution is 0.0975. The van der Waals surface area contributed by atoms with Crippen LogP contribution >= 0.6 is 0 Å². The van der Waals surface area contributed by atoms with Gasteiger partial charge in [0, 0.05) is 16.7 Å². The van der Waals surface area contributed by atoms with E-state index in [1.165, 1.54) is 24.0 Å². The van der Waals surface area contributed by atoms with Crippen molar-refractivity contribution in [3.63, 3.8) is 0 Å². The number of hydrogen-bond donors (Lipinski definition) is 1. The van der Waals surface area contributed by atoms with Crippen molar-refractivity contribution in [3.8, 4) is 39.9 Å². The van der Waals surface area contributed by atoms with Gasteiger partial charge in [0.15, 0.2) is 17.5 Å². The molecule has 0 saturated carbocycles. The summed E-state index contributed by atoms with van der Waals surface area (Å²) < 4.78 is 5.85. The lowest BCUT2D eigenvalue weighted by Crippen LogP contribution is -2.17. The highest BCUT2D eigenvalue weighted by molar-refractivity contribution is 5.69. The summed E-state index contributed by atoms with van der Waals surface area (Å²) in [5, 5.41) is 10.2. The van der Waals surface area contributed by atoms with E-state index in [1.807, 2.05) is 24.3 Å². The molecule has 0 aliphatic heterocycles. The molecule has 0 saturated heterocycles. The largest absolute Gasteiger partial charge is 0.491 e. The van der Waals surface area contributed by atoms with Crippen LogP contribution in [0.4, 0.5) is 0 Å². The third-order valence-electron chi connectivity index (χ3n) is 6.83. The van der Waals surface area contributed by atoms with Crippen LogP contribution in [0, 0.1) is 27.7 Å². The van der Waals surface area contributed by atoms with Gasteiger partial charge in [0.1, 0.15) is 12.4 Å². The summed E-state index contributed by atoms with van der Waals surface area (Å²) in [6, 6.07) is 20.4. The van der Waals surface area contributed by atoms with Gasteiger partial charge in [-0.25, -0.2) is 15.0 Å². The van der Waals surface area contributed by atoms with Crippen molar-refractivity contribution in [1.82, 2.24) is 15.0 Å². The molecule has 0 fully saturated rings. The highest BCUT2D eigenvalue weighted by atomic mass is 16.5. The number of aliphatic hydroxyl groups excluding tert-OH is 1. The molecule has 1 unspecified atom stereocenters. The van der Waals surface area contributed by atoms with Gasteiger partial charge >= 0.3 is 0 Å². The van der Waals surface area contributed by atoms with Gasteiger partial charge in [-0.3, -0.25) is 0 Å². The number of benzene rings is 3. The standard InChI is InChI=1S/C33H39N3O2/c1-6-7-8-9-10-27(37)21-38-28-15-13-26(14-16-28)31-34-32(29-17-11-22(2)19-24(29)4)36-33(35-31)30-18-12-23(3)20-25(30)5/h11-20,27,37H,6-10,21H2,1-5H3. The van der Waals surface area contributed by atoms with Gasteiger partial charge in [-0.1, -0.05) is 80.1 Å². The molecule has 1 atom stereocenters. The smallest absolute Gasteiger partial charge is 0.164 e. The summed E-state index contributed by atoms with van der Waals surface area (Å²) in [4.78, 5) is 14.7. The molecule has 4 aromatic rings. The first kappa shape index (κ1) is 27.5. The molecule has 198 valence electrons. The third kappa shape index (κ3) is 7.05. The molecule has 0 aliphatic rings. The van der Waals surface area contributed by atoms with Gasteiger partial charge in [0.05, 0.1) is 6.10 Å². The number of aromatic nitrogens is 3. The van der Waals surface area contributed by atoms with Crippen molar-refractivity contribution in [1.29, 1.82) is 0 Å². The van der Waals surface area contributed by atoms with E-state index in [2.05, 4.69) is 71.0 Å². The fourth-order valence-corrected chi connectivity index (χ4v) is 4.66. The predicted octanol–water partition coefficient (Wildman–Crippen LogP) is 7.82. The van der Waals surface area contributed by atoms with Crippen molar-refractivity contribution in [2.24, 2.45) is 0 Å². The summed E-state index contributed by atoms with van der Waals surface area (Å²) in [6.45, 7) is 10.8. The number of aliphatic hydroxyl groups is 1. The second-order valence-electron chi connectivity index (χ2n) is 10.3. The fraction of sp³-hybridized carbons (Fsp3) is 0.364. The molecule has 5 nitrogen and oxygen atoms in total. The molecule has 1 heterocycles. The van der Waals surface area contributed by atoms with E-state index in [1.54, 1.807) is 0 Å². The summed E-state index contributed by atoms with van der Waals surface area (Å²) in [7, 11) is 0. The molecule has 38 heavy (non-hydrogen) atoms. The average Bonchev–Trinajstić information content (AvgIpc) is 2.90. The number of unbranched alkanes of at least 4 members (excludes halogenated alkanes) is 3. The van der Waals surface area contributed by atoms with Crippen molar-refractivity contribution in [3.05, 3.63) is 82.9 Å². The van der Waals surface area contributed by atoms with Crippen molar-refractivity contribution < 1.29 is 9.84 Å². The first-order valence-corrected chi connectivity index (χ1v) is 13.7. The second kappa shape index (κ2) is 12.8. The summed E-state index contributed by atoms with van der Waals surface area (Å²) in [6.07, 6.45) is 4.91. The van der Waals surface area contributed by atoms with Gasteiger partial charge in [-0.15, -0.1) is 0 Å². The van der Waals surface area contributed by atoms with Crippen LogP contribution in [-0.2, 0) is 0 Å². The summed E-state index contributed by atoms with van der Waals surface area (Å²) >= 11 is 0. The highest BCUT2D eigenvalue weighted by Crippen LogP contribution is 2.29.